The number of carbonyl (C=O) groups is 1. The first-order chi connectivity index (χ1) is 25.7. The van der Waals surface area contributed by atoms with E-state index in [2.05, 4.69) is 24.8 Å². The third-order valence-corrected chi connectivity index (χ3v) is 11.0. The van der Waals surface area contributed by atoms with E-state index in [-0.39, 0.29) is 35.7 Å². The number of nitrogens with zero attached hydrogens (tertiary/aromatic N) is 8. The van der Waals surface area contributed by atoms with E-state index in [0.717, 1.165) is 37.6 Å². The zero-order valence-electron chi connectivity index (χ0n) is 29.7. The molecule has 0 saturated carbocycles. The first-order valence-corrected chi connectivity index (χ1v) is 18.5. The van der Waals surface area contributed by atoms with Gasteiger partial charge in [0.25, 0.3) is 0 Å². The van der Waals surface area contributed by atoms with Gasteiger partial charge in [-0.3, -0.25) is 14.7 Å². The number of halogens is 3. The molecule has 53 heavy (non-hydrogen) atoms. The number of rotatable bonds is 8. The minimum atomic E-state index is -0.916. The van der Waals surface area contributed by atoms with E-state index >= 15 is 4.39 Å². The summed E-state index contributed by atoms with van der Waals surface area (Å²) >= 11 is 6.64. The number of aryl methyl sites for hydroxylation is 1. The van der Waals surface area contributed by atoms with Crippen molar-refractivity contribution in [3.8, 4) is 17.3 Å². The van der Waals surface area contributed by atoms with Crippen molar-refractivity contribution in [2.45, 2.75) is 50.7 Å². The molecule has 3 atom stereocenters. The average Bonchev–Trinajstić information content (AvgIpc) is 3.68. The van der Waals surface area contributed by atoms with Crippen LogP contribution in [0.15, 0.2) is 60.9 Å². The van der Waals surface area contributed by atoms with Crippen LogP contribution in [0.25, 0.3) is 39.0 Å². The standard InChI is InChI=1S/C40H40ClF2N8O2/c1-25-44-16-14-29(46-25)12-13-33(52)50-17-5-7-26(22-50)21-49(2)38-31-20-45-36(30-10-3-8-27-9-4-11-32(41)34(27)30)35(43)37(31)47-39(48-38)53-24-40-15-6-18-51(40)23-28(42)19-40/h3-4,8-14,16,20-21,26,28H,5-7,15,17-19,22-24H2,1-2H3/q+1/b13-12+,49-21-/t26?,28-,40+/m1/s1. The quantitative estimate of drug-likeness (QED) is 0.0956. The average molecular weight is 738 g/mol. The van der Waals surface area contributed by atoms with Crippen molar-refractivity contribution in [1.29, 1.82) is 0 Å². The van der Waals surface area contributed by atoms with Crippen LogP contribution < -0.4 is 4.74 Å². The van der Waals surface area contributed by atoms with Gasteiger partial charge in [0.15, 0.2) is 5.82 Å². The molecule has 0 spiro atoms. The molecular weight excluding hydrogens is 698 g/mol. The number of alkyl halides is 1. The summed E-state index contributed by atoms with van der Waals surface area (Å²) in [6, 6.07) is 12.9. The maximum Gasteiger partial charge on any atom is 0.434 e. The highest BCUT2D eigenvalue weighted by atomic mass is 35.5. The van der Waals surface area contributed by atoms with Crippen LogP contribution in [-0.2, 0) is 4.79 Å². The van der Waals surface area contributed by atoms with Crippen molar-refractivity contribution < 1.29 is 22.9 Å². The maximum atomic E-state index is 16.9. The van der Waals surface area contributed by atoms with Gasteiger partial charge in [0.05, 0.1) is 24.5 Å². The predicted octanol–water partition coefficient (Wildman–Crippen LogP) is 6.99. The number of likely N-dealkylation sites (tertiary alicyclic amines) is 1. The van der Waals surface area contributed by atoms with Crippen LogP contribution in [0, 0.1) is 18.7 Å². The lowest BCUT2D eigenvalue weighted by Crippen LogP contribution is -2.43. The minimum Gasteiger partial charge on any atom is -0.443 e. The van der Waals surface area contributed by atoms with Crippen molar-refractivity contribution in [3.63, 3.8) is 0 Å². The molecule has 0 bridgehead atoms. The number of piperidine rings is 1. The fourth-order valence-corrected chi connectivity index (χ4v) is 8.51. The highest BCUT2D eigenvalue weighted by molar-refractivity contribution is 6.36. The molecule has 272 valence electrons. The highest BCUT2D eigenvalue weighted by Gasteiger charge is 2.49. The van der Waals surface area contributed by atoms with E-state index in [1.807, 2.05) is 47.0 Å². The van der Waals surface area contributed by atoms with Crippen LogP contribution in [0.1, 0.15) is 43.6 Å². The zero-order valence-corrected chi connectivity index (χ0v) is 30.4. The van der Waals surface area contributed by atoms with Gasteiger partial charge >= 0.3 is 11.8 Å². The predicted molar refractivity (Wildman–Crippen MR) is 201 cm³/mol. The number of benzene rings is 2. The SMILES string of the molecule is Cc1nccc(/C=C/C(=O)N2CCCC(/C=[N+](/C)c3nc(OC[C@@]45CCCN4C[C@H](F)C5)nc4c(F)c(-c5cccc6cccc(Cl)c56)ncc34)C2)n1. The molecule has 3 aromatic heterocycles. The monoisotopic (exact) mass is 737 g/mol. The van der Waals surface area contributed by atoms with Crippen molar-refractivity contribution in [3.05, 3.63) is 83.3 Å². The van der Waals surface area contributed by atoms with Gasteiger partial charge in [0.2, 0.25) is 5.91 Å². The van der Waals surface area contributed by atoms with Gasteiger partial charge in [-0.15, -0.1) is 0 Å². The van der Waals surface area contributed by atoms with Crippen molar-refractivity contribution >= 4 is 57.3 Å². The summed E-state index contributed by atoms with van der Waals surface area (Å²) in [4.78, 5) is 39.7. The molecule has 1 unspecified atom stereocenters. The van der Waals surface area contributed by atoms with Gasteiger partial charge in [-0.05, 0) is 62.7 Å². The molecule has 13 heteroatoms. The van der Waals surface area contributed by atoms with Crippen molar-refractivity contribution in [2.75, 3.05) is 39.8 Å². The fraction of sp³-hybridized carbons (Fsp3) is 0.375. The molecule has 5 aromatic rings. The number of fused-ring (bicyclic) bond motifs is 3. The molecule has 0 N–H and O–H groups in total. The Bertz CT molecular complexity index is 2280. The molecule has 10 nitrogen and oxygen atoms in total. The van der Waals surface area contributed by atoms with E-state index in [1.54, 1.807) is 49.7 Å². The third kappa shape index (κ3) is 6.97. The highest BCUT2D eigenvalue weighted by Crippen LogP contribution is 2.41. The largest absolute Gasteiger partial charge is 0.443 e. The van der Waals surface area contributed by atoms with E-state index in [0.29, 0.717) is 64.7 Å². The van der Waals surface area contributed by atoms with Crippen LogP contribution in [0.5, 0.6) is 6.01 Å². The summed E-state index contributed by atoms with van der Waals surface area (Å²) in [5.74, 6) is 0.333. The first-order valence-electron chi connectivity index (χ1n) is 18.1. The van der Waals surface area contributed by atoms with Gasteiger partial charge in [-0.25, -0.2) is 23.3 Å². The molecule has 0 radical (unpaired) electrons. The zero-order chi connectivity index (χ0) is 36.7. The topological polar surface area (TPSA) is 100 Å². The van der Waals surface area contributed by atoms with Crippen LogP contribution in [0.2, 0.25) is 5.02 Å². The van der Waals surface area contributed by atoms with Gasteiger partial charge in [-0.2, -0.15) is 4.98 Å². The van der Waals surface area contributed by atoms with E-state index < -0.39 is 17.5 Å². The molecular formula is C40H40ClF2N8O2+. The number of pyridine rings is 1. The Kier molecular flexibility index (Phi) is 9.59. The van der Waals surface area contributed by atoms with E-state index in [9.17, 15) is 9.18 Å². The fourth-order valence-electron chi connectivity index (χ4n) is 8.23. The number of hydrogen-bond donors (Lipinski definition) is 0. The molecule has 8 rings (SSSR count). The molecule has 3 fully saturated rings. The smallest absolute Gasteiger partial charge is 0.434 e. The summed E-state index contributed by atoms with van der Waals surface area (Å²) in [5.41, 5.74) is 0.953. The molecule has 2 aromatic carbocycles. The molecule has 3 aliphatic rings. The molecule has 1 amide bonds. The van der Waals surface area contributed by atoms with E-state index in [1.165, 1.54) is 0 Å². The maximum absolute atomic E-state index is 16.9. The summed E-state index contributed by atoms with van der Waals surface area (Å²) in [5, 5.41) is 2.45. The number of hydrogen-bond acceptors (Lipinski definition) is 8. The summed E-state index contributed by atoms with van der Waals surface area (Å²) in [7, 11) is 1.85. The van der Waals surface area contributed by atoms with Gasteiger partial charge in [-0.1, -0.05) is 41.9 Å². The van der Waals surface area contributed by atoms with Gasteiger partial charge < -0.3 is 9.64 Å². The lowest BCUT2D eigenvalue weighted by molar-refractivity contribution is -0.405. The Morgan fingerprint density at radius 2 is 1.94 bits per heavy atom. The third-order valence-electron chi connectivity index (χ3n) is 10.7. The van der Waals surface area contributed by atoms with Crippen LogP contribution in [0.4, 0.5) is 14.6 Å². The number of ether oxygens (including phenoxy) is 1. The van der Waals surface area contributed by atoms with Crippen LogP contribution >= 0.6 is 11.6 Å². The van der Waals surface area contributed by atoms with Gasteiger partial charge in [0, 0.05) is 71.4 Å². The molecule has 3 aliphatic heterocycles. The van der Waals surface area contributed by atoms with Crippen LogP contribution in [0.3, 0.4) is 0 Å². The Morgan fingerprint density at radius 1 is 1.09 bits per heavy atom. The lowest BCUT2D eigenvalue weighted by atomic mass is 9.95. The summed E-state index contributed by atoms with van der Waals surface area (Å²) in [6.45, 7) is 4.36. The number of aromatic nitrogens is 5. The second-order valence-corrected chi connectivity index (χ2v) is 14.7. The lowest BCUT2D eigenvalue weighted by Gasteiger charge is -2.30. The summed E-state index contributed by atoms with van der Waals surface area (Å²) < 4.78 is 39.6. The Hall–Kier alpha value is -4.94. The van der Waals surface area contributed by atoms with Crippen molar-refractivity contribution in [1.82, 2.24) is 34.7 Å². The summed E-state index contributed by atoms with van der Waals surface area (Å²) in [6.07, 6.45) is 11.4. The normalized spacial score (nSPS) is 22.3. The Morgan fingerprint density at radius 3 is 2.79 bits per heavy atom. The minimum absolute atomic E-state index is 0.00240. The molecule has 0 aliphatic carbocycles. The first kappa shape index (κ1) is 35.1. The second-order valence-electron chi connectivity index (χ2n) is 14.3. The van der Waals surface area contributed by atoms with Crippen LogP contribution in [-0.4, -0.2) is 103 Å². The Balaban J connectivity index is 1.14. The Labute approximate surface area is 311 Å². The molecule has 6 heterocycles. The number of carbonyl (C=O) groups excluding carboxylic acids is 1. The van der Waals surface area contributed by atoms with Gasteiger partial charge in [0.1, 0.15) is 35.2 Å². The number of amides is 1. The van der Waals surface area contributed by atoms with Crippen molar-refractivity contribution in [2.24, 2.45) is 5.92 Å². The molecule has 3 saturated heterocycles. The second kappa shape index (κ2) is 14.5. The van der Waals surface area contributed by atoms with E-state index in [4.69, 9.17) is 21.3 Å².